The molecule has 102 valence electrons. The molecule has 0 spiro atoms. The van der Waals surface area contributed by atoms with Gasteiger partial charge in [-0.1, -0.05) is 0 Å². The van der Waals surface area contributed by atoms with E-state index in [0.29, 0.717) is 5.88 Å². The fraction of sp³-hybridized carbons (Fsp3) is 0.462. The van der Waals surface area contributed by atoms with Gasteiger partial charge in [-0.2, -0.15) is 0 Å². The van der Waals surface area contributed by atoms with Crippen molar-refractivity contribution in [3.05, 3.63) is 36.3 Å². The molecule has 6 nitrogen and oxygen atoms in total. The molecule has 2 heterocycles. The molecular weight excluding hydrogens is 242 g/mol. The summed E-state index contributed by atoms with van der Waals surface area (Å²) in [7, 11) is 3.52. The minimum absolute atomic E-state index is 0.0876. The summed E-state index contributed by atoms with van der Waals surface area (Å²) in [5.41, 5.74) is 0.903. The summed E-state index contributed by atoms with van der Waals surface area (Å²) in [6.07, 6.45) is 6.11. The van der Waals surface area contributed by atoms with Crippen molar-refractivity contribution in [1.29, 1.82) is 0 Å². The van der Waals surface area contributed by atoms with Crippen molar-refractivity contribution in [3.8, 4) is 5.88 Å². The molecule has 0 aliphatic rings. The molecule has 0 fully saturated rings. The van der Waals surface area contributed by atoms with Gasteiger partial charge in [0.05, 0.1) is 18.8 Å². The lowest BCUT2D eigenvalue weighted by atomic mass is 10.1. The molecule has 0 radical (unpaired) electrons. The number of aromatic nitrogens is 4. The van der Waals surface area contributed by atoms with Gasteiger partial charge < -0.3 is 14.6 Å². The maximum atomic E-state index is 5.13. The first-order valence-electron chi connectivity index (χ1n) is 6.31. The van der Waals surface area contributed by atoms with Crippen molar-refractivity contribution in [2.45, 2.75) is 25.9 Å². The monoisotopic (exact) mass is 261 g/mol. The molecule has 2 aromatic heterocycles. The molecule has 2 aromatic rings. The molecule has 0 aliphatic heterocycles. The van der Waals surface area contributed by atoms with Crippen molar-refractivity contribution >= 4 is 0 Å². The van der Waals surface area contributed by atoms with Crippen molar-refractivity contribution in [1.82, 2.24) is 24.8 Å². The van der Waals surface area contributed by atoms with Gasteiger partial charge in [0.15, 0.2) is 0 Å². The first-order chi connectivity index (χ1) is 9.28. The Labute approximate surface area is 112 Å². The first-order valence-corrected chi connectivity index (χ1v) is 6.31. The highest BCUT2D eigenvalue weighted by Crippen LogP contribution is 2.18. The van der Waals surface area contributed by atoms with Gasteiger partial charge in [-0.25, -0.2) is 15.0 Å². The largest absolute Gasteiger partial charge is 0.481 e. The highest BCUT2D eigenvalue weighted by molar-refractivity contribution is 5.17. The van der Waals surface area contributed by atoms with E-state index < -0.39 is 0 Å². The predicted molar refractivity (Wildman–Crippen MR) is 72.0 cm³/mol. The third-order valence-electron chi connectivity index (χ3n) is 3.11. The van der Waals surface area contributed by atoms with Gasteiger partial charge in [-0.3, -0.25) is 0 Å². The number of imidazole rings is 1. The first kappa shape index (κ1) is 13.5. The zero-order valence-corrected chi connectivity index (χ0v) is 11.5. The van der Waals surface area contributed by atoms with E-state index in [0.717, 1.165) is 24.5 Å². The molecule has 0 aliphatic carbocycles. The van der Waals surface area contributed by atoms with E-state index in [1.54, 1.807) is 7.11 Å². The number of aryl methyl sites for hydroxylation is 1. The molecule has 1 atom stereocenters. The second-order valence-corrected chi connectivity index (χ2v) is 4.16. The molecule has 0 saturated carbocycles. The topological polar surface area (TPSA) is 64.9 Å². The predicted octanol–water partition coefficient (Wildman–Crippen LogP) is 1.20. The Hall–Kier alpha value is -1.95. The summed E-state index contributed by atoms with van der Waals surface area (Å²) >= 11 is 0. The number of likely N-dealkylation sites (N-methyl/N-ethyl adjacent to an activating group) is 1. The van der Waals surface area contributed by atoms with Crippen molar-refractivity contribution in [3.63, 3.8) is 0 Å². The Balaban J connectivity index is 2.20. The van der Waals surface area contributed by atoms with Crippen LogP contribution in [0.3, 0.4) is 0 Å². The van der Waals surface area contributed by atoms with Crippen LogP contribution in [0.1, 0.15) is 24.5 Å². The average molecular weight is 261 g/mol. The third-order valence-corrected chi connectivity index (χ3v) is 3.11. The SMILES string of the molecule is CCn1ccnc1CC(NC)c1cc(OC)ncn1. The molecule has 0 bridgehead atoms. The zero-order chi connectivity index (χ0) is 13.7. The highest BCUT2D eigenvalue weighted by atomic mass is 16.5. The van der Waals surface area contributed by atoms with Crippen molar-refractivity contribution < 1.29 is 4.74 Å². The summed E-state index contributed by atoms with van der Waals surface area (Å²) in [5.74, 6) is 1.61. The Bertz CT molecular complexity index is 525. The fourth-order valence-electron chi connectivity index (χ4n) is 2.01. The Morgan fingerprint density at radius 1 is 1.37 bits per heavy atom. The Kier molecular flexibility index (Phi) is 4.46. The third kappa shape index (κ3) is 3.08. The van der Waals surface area contributed by atoms with Crippen LogP contribution in [-0.4, -0.2) is 33.7 Å². The minimum atomic E-state index is 0.0876. The van der Waals surface area contributed by atoms with E-state index >= 15 is 0 Å². The number of hydrogen-bond acceptors (Lipinski definition) is 5. The van der Waals surface area contributed by atoms with E-state index in [1.807, 2.05) is 25.5 Å². The zero-order valence-electron chi connectivity index (χ0n) is 11.5. The van der Waals surface area contributed by atoms with E-state index in [4.69, 9.17) is 4.74 Å². The molecule has 6 heteroatoms. The number of rotatable bonds is 6. The van der Waals surface area contributed by atoms with Crippen LogP contribution in [0.5, 0.6) is 5.88 Å². The second-order valence-electron chi connectivity index (χ2n) is 4.16. The molecule has 0 aromatic carbocycles. The summed E-state index contributed by atoms with van der Waals surface area (Å²) in [5, 5.41) is 3.26. The van der Waals surface area contributed by atoms with Crippen LogP contribution in [0.2, 0.25) is 0 Å². The molecular formula is C13H19N5O. The number of hydrogen-bond donors (Lipinski definition) is 1. The number of methoxy groups -OCH3 is 1. The highest BCUT2D eigenvalue weighted by Gasteiger charge is 2.15. The normalized spacial score (nSPS) is 12.4. The molecule has 0 amide bonds. The van der Waals surface area contributed by atoms with Crippen molar-refractivity contribution in [2.75, 3.05) is 14.2 Å². The standard InChI is InChI=1S/C13H19N5O/c1-4-18-6-5-15-12(18)7-10(14-2)11-8-13(19-3)17-9-16-11/h5-6,8-10,14H,4,7H2,1-3H3. The van der Waals surface area contributed by atoms with Gasteiger partial charge in [0.1, 0.15) is 12.2 Å². The Morgan fingerprint density at radius 2 is 2.21 bits per heavy atom. The molecule has 1 N–H and O–H groups in total. The maximum Gasteiger partial charge on any atom is 0.216 e. The molecule has 2 rings (SSSR count). The van der Waals surface area contributed by atoms with Crippen LogP contribution in [0.15, 0.2) is 24.8 Å². The van der Waals surface area contributed by atoms with Gasteiger partial charge in [0, 0.05) is 31.4 Å². The summed E-state index contributed by atoms with van der Waals surface area (Å²) in [4.78, 5) is 12.7. The number of ether oxygens (including phenoxy) is 1. The fourth-order valence-corrected chi connectivity index (χ4v) is 2.01. The number of nitrogens with one attached hydrogen (secondary N) is 1. The van der Waals surface area contributed by atoms with Gasteiger partial charge in [0.2, 0.25) is 5.88 Å². The van der Waals surface area contributed by atoms with Gasteiger partial charge >= 0.3 is 0 Å². The van der Waals surface area contributed by atoms with Crippen LogP contribution in [0.25, 0.3) is 0 Å². The average Bonchev–Trinajstić information content (AvgIpc) is 2.92. The van der Waals surface area contributed by atoms with E-state index in [-0.39, 0.29) is 6.04 Å². The van der Waals surface area contributed by atoms with Crippen LogP contribution >= 0.6 is 0 Å². The quantitative estimate of drug-likeness (QED) is 0.846. The van der Waals surface area contributed by atoms with E-state index in [9.17, 15) is 0 Å². The molecule has 19 heavy (non-hydrogen) atoms. The van der Waals surface area contributed by atoms with E-state index in [1.165, 1.54) is 6.33 Å². The summed E-state index contributed by atoms with van der Waals surface area (Å²) < 4.78 is 7.26. The van der Waals surface area contributed by atoms with Crippen LogP contribution < -0.4 is 10.1 Å². The van der Waals surface area contributed by atoms with Crippen LogP contribution in [0, 0.1) is 0 Å². The van der Waals surface area contributed by atoms with Gasteiger partial charge in [-0.15, -0.1) is 0 Å². The summed E-state index contributed by atoms with van der Waals surface area (Å²) in [6, 6.07) is 1.94. The lowest BCUT2D eigenvalue weighted by molar-refractivity contribution is 0.394. The smallest absolute Gasteiger partial charge is 0.216 e. The van der Waals surface area contributed by atoms with Crippen molar-refractivity contribution in [2.24, 2.45) is 0 Å². The van der Waals surface area contributed by atoms with Crippen LogP contribution in [0.4, 0.5) is 0 Å². The molecule has 1 unspecified atom stereocenters. The van der Waals surface area contributed by atoms with E-state index in [2.05, 4.69) is 31.8 Å². The summed E-state index contributed by atoms with van der Waals surface area (Å²) in [6.45, 7) is 3.02. The lowest BCUT2D eigenvalue weighted by Gasteiger charge is -2.16. The van der Waals surface area contributed by atoms with Crippen LogP contribution in [-0.2, 0) is 13.0 Å². The Morgan fingerprint density at radius 3 is 2.89 bits per heavy atom. The molecule has 0 saturated heterocycles. The second kappa shape index (κ2) is 6.29. The van der Waals surface area contributed by atoms with Gasteiger partial charge in [-0.05, 0) is 14.0 Å². The van der Waals surface area contributed by atoms with Gasteiger partial charge in [0.25, 0.3) is 0 Å². The maximum absolute atomic E-state index is 5.13. The number of nitrogens with zero attached hydrogens (tertiary/aromatic N) is 4. The lowest BCUT2D eigenvalue weighted by Crippen LogP contribution is -2.22. The minimum Gasteiger partial charge on any atom is -0.481 e.